The number of hydrogen-bond acceptors (Lipinski definition) is 2. The lowest BCUT2D eigenvalue weighted by Gasteiger charge is -2.13. The van der Waals surface area contributed by atoms with E-state index in [1.807, 2.05) is 30.3 Å². The molecule has 22 heavy (non-hydrogen) atoms. The lowest BCUT2D eigenvalue weighted by atomic mass is 10.1. The Kier molecular flexibility index (Phi) is 4.54. The summed E-state index contributed by atoms with van der Waals surface area (Å²) in [4.78, 5) is 13.1. The Morgan fingerprint density at radius 1 is 1.09 bits per heavy atom. The highest BCUT2D eigenvalue weighted by Crippen LogP contribution is 2.25. The van der Waals surface area contributed by atoms with Crippen LogP contribution in [-0.2, 0) is 6.42 Å². The fourth-order valence-electron chi connectivity index (χ4n) is 2.49. The van der Waals surface area contributed by atoms with Gasteiger partial charge in [-0.2, -0.15) is 0 Å². The molecule has 1 amide bonds. The maximum absolute atomic E-state index is 12.3. The number of fused-ring (bicyclic) bond motifs is 1. The maximum Gasteiger partial charge on any atom is 0.261 e. The van der Waals surface area contributed by atoms with Crippen molar-refractivity contribution in [3.8, 4) is 0 Å². The van der Waals surface area contributed by atoms with Crippen LogP contribution in [0, 0.1) is 0 Å². The zero-order chi connectivity index (χ0) is 15.4. The Bertz CT molecular complexity index is 730. The van der Waals surface area contributed by atoms with Crippen molar-refractivity contribution in [3.05, 3.63) is 71.1 Å². The number of carbonyl (C=O) groups excluding carboxylic acids is 1. The average Bonchev–Trinajstić information content (AvgIpc) is 2.98. The molecule has 112 valence electrons. The monoisotopic (exact) mass is 309 g/mol. The smallest absolute Gasteiger partial charge is 0.261 e. The fourth-order valence-corrected chi connectivity index (χ4v) is 3.45. The minimum absolute atomic E-state index is 0.0294. The minimum Gasteiger partial charge on any atom is -0.349 e. The van der Waals surface area contributed by atoms with E-state index in [4.69, 9.17) is 0 Å². The van der Waals surface area contributed by atoms with Gasteiger partial charge in [-0.25, -0.2) is 0 Å². The molecule has 0 aliphatic heterocycles. The first-order valence-corrected chi connectivity index (χ1v) is 8.37. The molecule has 1 aromatic heterocycles. The van der Waals surface area contributed by atoms with Gasteiger partial charge in [-0.1, -0.05) is 48.5 Å². The summed E-state index contributed by atoms with van der Waals surface area (Å²) in [5.41, 5.74) is 1.31. The van der Waals surface area contributed by atoms with Crippen molar-refractivity contribution in [3.63, 3.8) is 0 Å². The number of hydrogen-bond donors (Lipinski definition) is 1. The van der Waals surface area contributed by atoms with Gasteiger partial charge in [0.05, 0.1) is 4.88 Å². The van der Waals surface area contributed by atoms with Crippen LogP contribution in [0.25, 0.3) is 10.1 Å². The molecule has 0 saturated carbocycles. The second-order valence-corrected chi connectivity index (χ2v) is 6.63. The molecule has 2 aromatic carbocycles. The highest BCUT2D eigenvalue weighted by molar-refractivity contribution is 7.20. The van der Waals surface area contributed by atoms with Crippen LogP contribution in [0.15, 0.2) is 60.7 Å². The fraction of sp³-hybridized carbons (Fsp3) is 0.211. The minimum atomic E-state index is 0.0294. The summed E-state index contributed by atoms with van der Waals surface area (Å²) in [7, 11) is 0. The lowest BCUT2D eigenvalue weighted by molar-refractivity contribution is 0.0942. The summed E-state index contributed by atoms with van der Waals surface area (Å²) >= 11 is 1.55. The van der Waals surface area contributed by atoms with E-state index < -0.39 is 0 Å². The summed E-state index contributed by atoms with van der Waals surface area (Å²) in [6.45, 7) is 2.06. The molecule has 0 spiro atoms. The number of aryl methyl sites for hydroxylation is 1. The number of nitrogens with one attached hydrogen (secondary N) is 1. The van der Waals surface area contributed by atoms with Crippen LogP contribution in [0.1, 0.15) is 28.6 Å². The SMILES string of the molecule is CC(CCc1ccccc1)NC(=O)c1cc2ccccc2s1. The average molecular weight is 309 g/mol. The summed E-state index contributed by atoms with van der Waals surface area (Å²) in [6.07, 6.45) is 1.93. The predicted molar refractivity (Wildman–Crippen MR) is 93.5 cm³/mol. The predicted octanol–water partition coefficient (Wildman–Crippen LogP) is 4.65. The van der Waals surface area contributed by atoms with E-state index in [-0.39, 0.29) is 11.9 Å². The van der Waals surface area contributed by atoms with Crippen LogP contribution in [0.5, 0.6) is 0 Å². The topological polar surface area (TPSA) is 29.1 Å². The molecule has 1 N–H and O–H groups in total. The molecule has 0 saturated heterocycles. The van der Waals surface area contributed by atoms with E-state index in [2.05, 4.69) is 42.6 Å². The van der Waals surface area contributed by atoms with Crippen molar-refractivity contribution in [2.75, 3.05) is 0 Å². The molecule has 2 nitrogen and oxygen atoms in total. The van der Waals surface area contributed by atoms with Gasteiger partial charge in [0.2, 0.25) is 0 Å². The summed E-state index contributed by atoms with van der Waals surface area (Å²) in [6, 6.07) is 20.6. The zero-order valence-corrected chi connectivity index (χ0v) is 13.4. The van der Waals surface area contributed by atoms with Crippen LogP contribution >= 0.6 is 11.3 Å². The Morgan fingerprint density at radius 2 is 1.82 bits per heavy atom. The van der Waals surface area contributed by atoms with E-state index in [9.17, 15) is 4.79 Å². The van der Waals surface area contributed by atoms with Gasteiger partial charge in [0.15, 0.2) is 0 Å². The van der Waals surface area contributed by atoms with Gasteiger partial charge in [-0.3, -0.25) is 4.79 Å². The molecule has 3 rings (SSSR count). The number of amides is 1. The van der Waals surface area contributed by atoms with Crippen molar-refractivity contribution >= 4 is 27.3 Å². The number of benzene rings is 2. The second-order valence-electron chi connectivity index (χ2n) is 5.55. The van der Waals surface area contributed by atoms with Crippen molar-refractivity contribution in [2.45, 2.75) is 25.8 Å². The van der Waals surface area contributed by atoms with E-state index in [1.165, 1.54) is 5.56 Å². The molecular weight excluding hydrogens is 290 g/mol. The van der Waals surface area contributed by atoms with Crippen molar-refractivity contribution in [2.24, 2.45) is 0 Å². The molecule has 0 fully saturated rings. The van der Waals surface area contributed by atoms with Crippen LogP contribution in [0.3, 0.4) is 0 Å². The third-order valence-electron chi connectivity index (χ3n) is 3.74. The summed E-state index contributed by atoms with van der Waals surface area (Å²) < 4.78 is 1.16. The number of rotatable bonds is 5. The largest absolute Gasteiger partial charge is 0.349 e. The molecule has 0 bridgehead atoms. The molecule has 3 aromatic rings. The van der Waals surface area contributed by atoms with Gasteiger partial charge in [-0.15, -0.1) is 11.3 Å². The van der Waals surface area contributed by atoms with Crippen LogP contribution in [0.4, 0.5) is 0 Å². The van der Waals surface area contributed by atoms with Gasteiger partial charge >= 0.3 is 0 Å². The molecule has 0 radical (unpaired) electrons. The first-order valence-electron chi connectivity index (χ1n) is 7.56. The van der Waals surface area contributed by atoms with Gasteiger partial charge in [0.1, 0.15) is 0 Å². The third-order valence-corrected chi connectivity index (χ3v) is 4.85. The Hall–Kier alpha value is -2.13. The number of thiophene rings is 1. The Morgan fingerprint density at radius 3 is 2.59 bits per heavy atom. The zero-order valence-electron chi connectivity index (χ0n) is 12.6. The van der Waals surface area contributed by atoms with Crippen LogP contribution < -0.4 is 5.32 Å². The van der Waals surface area contributed by atoms with Crippen molar-refractivity contribution in [1.82, 2.24) is 5.32 Å². The maximum atomic E-state index is 12.3. The quantitative estimate of drug-likeness (QED) is 0.730. The van der Waals surface area contributed by atoms with Crippen LogP contribution in [0.2, 0.25) is 0 Å². The van der Waals surface area contributed by atoms with E-state index in [0.29, 0.717) is 0 Å². The Labute approximate surface area is 134 Å². The van der Waals surface area contributed by atoms with Gasteiger partial charge < -0.3 is 5.32 Å². The standard InChI is InChI=1S/C19H19NOS/c1-14(11-12-15-7-3-2-4-8-15)20-19(21)18-13-16-9-5-6-10-17(16)22-18/h2-10,13-14H,11-12H2,1H3,(H,20,21). The summed E-state index contributed by atoms with van der Waals surface area (Å²) in [5, 5.41) is 4.23. The van der Waals surface area contributed by atoms with Gasteiger partial charge in [-0.05, 0) is 42.8 Å². The van der Waals surface area contributed by atoms with Crippen LogP contribution in [-0.4, -0.2) is 11.9 Å². The highest BCUT2D eigenvalue weighted by Gasteiger charge is 2.12. The second kappa shape index (κ2) is 6.75. The van der Waals surface area contributed by atoms with E-state index in [0.717, 1.165) is 27.8 Å². The molecule has 1 atom stereocenters. The van der Waals surface area contributed by atoms with Crippen molar-refractivity contribution in [1.29, 1.82) is 0 Å². The molecule has 0 aliphatic carbocycles. The molecular formula is C19H19NOS. The van der Waals surface area contributed by atoms with E-state index >= 15 is 0 Å². The van der Waals surface area contributed by atoms with E-state index in [1.54, 1.807) is 11.3 Å². The van der Waals surface area contributed by atoms with Crippen molar-refractivity contribution < 1.29 is 4.79 Å². The lowest BCUT2D eigenvalue weighted by Crippen LogP contribution is -2.32. The highest BCUT2D eigenvalue weighted by atomic mass is 32.1. The first kappa shape index (κ1) is 14.8. The van der Waals surface area contributed by atoms with Gasteiger partial charge in [0.25, 0.3) is 5.91 Å². The van der Waals surface area contributed by atoms with Gasteiger partial charge in [0, 0.05) is 10.7 Å². The number of carbonyl (C=O) groups is 1. The Balaban J connectivity index is 1.58. The molecule has 1 unspecified atom stereocenters. The molecule has 1 heterocycles. The summed E-state index contributed by atoms with van der Waals surface area (Å²) in [5.74, 6) is 0.0294. The molecule has 0 aliphatic rings. The molecule has 3 heteroatoms. The first-order chi connectivity index (χ1) is 10.7. The normalized spacial score (nSPS) is 12.2. The third kappa shape index (κ3) is 3.55.